The molecule has 0 bridgehead atoms. The molecule has 8 heteroatoms. The molecule has 0 aliphatic carbocycles. The van der Waals surface area contributed by atoms with Gasteiger partial charge in [-0.3, -0.25) is 4.79 Å². The Kier molecular flexibility index (Phi) is 4.45. The number of benzene rings is 1. The van der Waals surface area contributed by atoms with E-state index in [0.29, 0.717) is 24.5 Å². The lowest BCUT2D eigenvalue weighted by atomic mass is 10.1. The smallest absolute Gasteiger partial charge is 0.265 e. The van der Waals surface area contributed by atoms with Gasteiger partial charge in [-0.1, -0.05) is 12.1 Å². The van der Waals surface area contributed by atoms with Crippen LogP contribution < -0.4 is 14.8 Å². The zero-order chi connectivity index (χ0) is 16.4. The molecule has 23 heavy (non-hydrogen) atoms. The normalized spacial score (nSPS) is 26.0. The predicted octanol–water partition coefficient (Wildman–Crippen LogP) is 0.367. The maximum Gasteiger partial charge on any atom is 0.265 e. The summed E-state index contributed by atoms with van der Waals surface area (Å²) < 4.78 is 36.2. The van der Waals surface area contributed by atoms with Crippen molar-refractivity contribution in [1.29, 1.82) is 0 Å². The van der Waals surface area contributed by atoms with Crippen molar-refractivity contribution < 1.29 is 22.7 Å². The maximum absolute atomic E-state index is 12.3. The van der Waals surface area contributed by atoms with E-state index < -0.39 is 22.2 Å². The number of ether oxygens (including phenoxy) is 2. The summed E-state index contributed by atoms with van der Waals surface area (Å²) in [5.41, 5.74) is 0. The summed E-state index contributed by atoms with van der Waals surface area (Å²) in [5, 5.41) is 2.73. The fraction of sp³-hybridized carbons (Fsp3) is 0.533. The van der Waals surface area contributed by atoms with Crippen molar-refractivity contribution in [3.8, 4) is 11.5 Å². The van der Waals surface area contributed by atoms with Crippen molar-refractivity contribution >= 4 is 15.9 Å². The number of amides is 1. The Bertz CT molecular complexity index is 691. The third kappa shape index (κ3) is 3.42. The van der Waals surface area contributed by atoms with Crippen LogP contribution in [-0.2, 0) is 14.8 Å². The first-order valence-electron chi connectivity index (χ1n) is 7.65. The Balaban J connectivity index is 1.55. The van der Waals surface area contributed by atoms with Crippen molar-refractivity contribution in [3.63, 3.8) is 0 Å². The van der Waals surface area contributed by atoms with Gasteiger partial charge in [-0.05, 0) is 25.5 Å². The van der Waals surface area contributed by atoms with Crippen molar-refractivity contribution in [2.24, 2.45) is 0 Å². The average molecular weight is 340 g/mol. The second kappa shape index (κ2) is 6.37. The second-order valence-corrected chi connectivity index (χ2v) is 7.76. The first kappa shape index (κ1) is 16.1. The molecule has 0 saturated carbocycles. The van der Waals surface area contributed by atoms with E-state index in [1.807, 2.05) is 12.1 Å². The molecule has 2 aliphatic rings. The number of rotatable bonds is 4. The summed E-state index contributed by atoms with van der Waals surface area (Å²) in [7, 11) is -3.13. The zero-order valence-corrected chi connectivity index (χ0v) is 13.7. The van der Waals surface area contributed by atoms with Crippen molar-refractivity contribution in [2.45, 2.75) is 25.6 Å². The van der Waals surface area contributed by atoms with Gasteiger partial charge in [0.2, 0.25) is 16.1 Å². The van der Waals surface area contributed by atoms with Crippen LogP contribution in [0.15, 0.2) is 24.3 Å². The highest BCUT2D eigenvalue weighted by atomic mass is 32.2. The van der Waals surface area contributed by atoms with E-state index in [1.165, 1.54) is 4.31 Å². The summed E-state index contributed by atoms with van der Waals surface area (Å²) in [6.45, 7) is 2.83. The largest absolute Gasteiger partial charge is 0.482 e. The summed E-state index contributed by atoms with van der Waals surface area (Å²) in [6, 6.07) is 7.19. The van der Waals surface area contributed by atoms with Gasteiger partial charge in [0.1, 0.15) is 6.10 Å². The molecule has 1 aromatic rings. The lowest BCUT2D eigenvalue weighted by Gasteiger charge is -2.31. The number of carbonyl (C=O) groups is 1. The minimum Gasteiger partial charge on any atom is -0.482 e. The van der Waals surface area contributed by atoms with Crippen molar-refractivity contribution in [1.82, 2.24) is 9.62 Å². The third-order valence-electron chi connectivity index (χ3n) is 3.96. The molecule has 2 unspecified atom stereocenters. The highest BCUT2D eigenvalue weighted by molar-refractivity contribution is 7.89. The molecule has 2 aliphatic heterocycles. The molecule has 2 heterocycles. The Morgan fingerprint density at radius 2 is 2.00 bits per heavy atom. The average Bonchev–Trinajstić information content (AvgIpc) is 2.85. The van der Waals surface area contributed by atoms with Crippen LogP contribution in [0.25, 0.3) is 0 Å². The second-order valence-electron chi connectivity index (χ2n) is 5.67. The maximum atomic E-state index is 12.3. The molecule has 7 nitrogen and oxygen atoms in total. The monoisotopic (exact) mass is 340 g/mol. The molecule has 1 fully saturated rings. The first-order valence-corrected chi connectivity index (χ1v) is 9.26. The van der Waals surface area contributed by atoms with Gasteiger partial charge in [-0.15, -0.1) is 0 Å². The number of carbonyl (C=O) groups excluding carboxylic acids is 1. The van der Waals surface area contributed by atoms with E-state index in [9.17, 15) is 13.2 Å². The van der Waals surface area contributed by atoms with E-state index in [2.05, 4.69) is 5.32 Å². The van der Waals surface area contributed by atoms with E-state index in [4.69, 9.17) is 9.47 Å². The lowest BCUT2D eigenvalue weighted by molar-refractivity contribution is -0.133. The van der Waals surface area contributed by atoms with Crippen LogP contribution in [-0.4, -0.2) is 56.2 Å². The third-order valence-corrected chi connectivity index (χ3v) is 5.92. The minimum absolute atomic E-state index is 0.189. The molecule has 1 aromatic carbocycles. The molecule has 3 rings (SSSR count). The van der Waals surface area contributed by atoms with Gasteiger partial charge in [0.25, 0.3) is 5.91 Å². The SMILES string of the molecule is CC1Oc2ccccc2OC1C(=O)NCCN1CCCS1(=O)=O. The number of nitrogens with zero attached hydrogens (tertiary/aromatic N) is 1. The Hall–Kier alpha value is -1.80. The van der Waals surface area contributed by atoms with E-state index in [1.54, 1.807) is 19.1 Å². The molecular weight excluding hydrogens is 320 g/mol. The molecule has 0 radical (unpaired) electrons. The van der Waals surface area contributed by atoms with Crippen LogP contribution in [0.2, 0.25) is 0 Å². The quantitative estimate of drug-likeness (QED) is 0.856. The highest BCUT2D eigenvalue weighted by Gasteiger charge is 2.34. The fourth-order valence-corrected chi connectivity index (χ4v) is 4.28. The van der Waals surface area contributed by atoms with E-state index >= 15 is 0 Å². The Morgan fingerprint density at radius 3 is 2.65 bits per heavy atom. The van der Waals surface area contributed by atoms with Gasteiger partial charge in [0.05, 0.1) is 5.75 Å². The van der Waals surface area contributed by atoms with Crippen molar-refractivity contribution in [2.75, 3.05) is 25.4 Å². The fourth-order valence-electron chi connectivity index (χ4n) is 2.75. The molecule has 126 valence electrons. The predicted molar refractivity (Wildman–Crippen MR) is 83.9 cm³/mol. The first-order chi connectivity index (χ1) is 11.0. The molecule has 0 spiro atoms. The van der Waals surface area contributed by atoms with Crippen LogP contribution >= 0.6 is 0 Å². The van der Waals surface area contributed by atoms with Gasteiger partial charge in [-0.2, -0.15) is 0 Å². The number of sulfonamides is 1. The van der Waals surface area contributed by atoms with Crippen molar-refractivity contribution in [3.05, 3.63) is 24.3 Å². The topological polar surface area (TPSA) is 84.9 Å². The van der Waals surface area contributed by atoms with Crippen LogP contribution in [0.3, 0.4) is 0 Å². The Morgan fingerprint density at radius 1 is 1.30 bits per heavy atom. The number of hydrogen-bond acceptors (Lipinski definition) is 5. The number of fused-ring (bicyclic) bond motifs is 1. The van der Waals surface area contributed by atoms with Gasteiger partial charge >= 0.3 is 0 Å². The van der Waals surface area contributed by atoms with Crippen LogP contribution in [0, 0.1) is 0 Å². The number of para-hydroxylation sites is 2. The minimum atomic E-state index is -3.13. The van der Waals surface area contributed by atoms with Crippen LogP contribution in [0.1, 0.15) is 13.3 Å². The zero-order valence-electron chi connectivity index (χ0n) is 12.9. The number of nitrogens with one attached hydrogen (secondary N) is 1. The van der Waals surface area contributed by atoms with Gasteiger partial charge < -0.3 is 14.8 Å². The van der Waals surface area contributed by atoms with Crippen LogP contribution in [0.4, 0.5) is 0 Å². The number of hydrogen-bond donors (Lipinski definition) is 1. The lowest BCUT2D eigenvalue weighted by Crippen LogP contribution is -2.50. The summed E-state index contributed by atoms with van der Waals surface area (Å²) in [4.78, 5) is 12.3. The standard InChI is InChI=1S/C15H20N2O5S/c1-11-14(22-13-6-3-2-5-12(13)21-11)15(18)16-7-9-17-8-4-10-23(17,19)20/h2-3,5-6,11,14H,4,7-10H2,1H3,(H,16,18). The van der Waals surface area contributed by atoms with E-state index in [-0.39, 0.29) is 24.7 Å². The van der Waals surface area contributed by atoms with Gasteiger partial charge in [-0.25, -0.2) is 12.7 Å². The van der Waals surface area contributed by atoms with E-state index in [0.717, 1.165) is 0 Å². The van der Waals surface area contributed by atoms with Gasteiger partial charge in [0.15, 0.2) is 11.5 Å². The highest BCUT2D eigenvalue weighted by Crippen LogP contribution is 2.33. The molecule has 1 N–H and O–H groups in total. The summed E-state index contributed by atoms with van der Waals surface area (Å²) >= 11 is 0. The summed E-state index contributed by atoms with van der Waals surface area (Å²) in [6.07, 6.45) is -0.524. The van der Waals surface area contributed by atoms with Crippen LogP contribution in [0.5, 0.6) is 11.5 Å². The molecule has 1 saturated heterocycles. The summed E-state index contributed by atoms with van der Waals surface area (Å²) in [5.74, 6) is 1.04. The molecule has 2 atom stereocenters. The molecular formula is C15H20N2O5S. The Labute approximate surface area is 135 Å². The van der Waals surface area contributed by atoms with Gasteiger partial charge in [0, 0.05) is 19.6 Å². The molecule has 1 amide bonds. The molecule has 0 aromatic heterocycles.